The van der Waals surface area contributed by atoms with Gasteiger partial charge in [0.2, 0.25) is 0 Å². The minimum Gasteiger partial charge on any atom is -0.492 e. The van der Waals surface area contributed by atoms with E-state index in [-0.39, 0.29) is 16.8 Å². The molecule has 0 fully saturated rings. The van der Waals surface area contributed by atoms with Crippen LogP contribution in [0.2, 0.25) is 0 Å². The summed E-state index contributed by atoms with van der Waals surface area (Å²) >= 11 is 1.15. The number of thiazole rings is 1. The Balaban J connectivity index is 1.17. The third-order valence-corrected chi connectivity index (χ3v) is 8.56. The minimum absolute atomic E-state index is 0.0810. The van der Waals surface area contributed by atoms with Gasteiger partial charge in [0.15, 0.2) is 0 Å². The first-order valence-corrected chi connectivity index (χ1v) is 15.2. The second kappa shape index (κ2) is 14.6. The number of nitrogens with zero attached hydrogens (tertiary/aromatic N) is 2. The maximum atomic E-state index is 12.8. The molecule has 0 bridgehead atoms. The number of fused-ring (bicyclic) bond motifs is 1. The molecule has 5 rings (SSSR count). The van der Waals surface area contributed by atoms with E-state index in [1.807, 2.05) is 91.0 Å². The van der Waals surface area contributed by atoms with Gasteiger partial charge < -0.3 is 9.47 Å². The van der Waals surface area contributed by atoms with E-state index in [0.717, 1.165) is 57.5 Å². The van der Waals surface area contributed by atoms with Crippen molar-refractivity contribution < 1.29 is 14.3 Å². The molecule has 1 heterocycles. The number of aryl methyl sites for hydroxylation is 1. The zero-order valence-electron chi connectivity index (χ0n) is 24.1. The van der Waals surface area contributed by atoms with Crippen LogP contribution in [0.1, 0.15) is 41.1 Å². The van der Waals surface area contributed by atoms with E-state index < -0.39 is 6.04 Å². The van der Waals surface area contributed by atoms with Crippen LogP contribution in [0.4, 0.5) is 0 Å². The summed E-state index contributed by atoms with van der Waals surface area (Å²) in [5.41, 5.74) is 4.67. The van der Waals surface area contributed by atoms with Crippen LogP contribution in [0, 0.1) is 10.8 Å². The summed E-state index contributed by atoms with van der Waals surface area (Å²) in [4.78, 5) is 36.8. The molecule has 0 aliphatic carbocycles. The lowest BCUT2D eigenvalue weighted by molar-refractivity contribution is -0.145. The van der Waals surface area contributed by atoms with Crippen LogP contribution in [0.15, 0.2) is 113 Å². The van der Waals surface area contributed by atoms with Crippen molar-refractivity contribution in [1.29, 1.82) is 0 Å². The first-order valence-electron chi connectivity index (χ1n) is 14.4. The Hall–Kier alpha value is -4.56. The van der Waals surface area contributed by atoms with E-state index in [1.165, 1.54) is 12.7 Å². The molecular formula is C35H34N2O5S. The lowest BCUT2D eigenvalue weighted by Gasteiger charge is -2.15. The number of hydrogen-bond donors (Lipinski definition) is 0. The van der Waals surface area contributed by atoms with Crippen LogP contribution in [0.25, 0.3) is 10.2 Å². The summed E-state index contributed by atoms with van der Waals surface area (Å²) in [6.07, 6.45) is 3.19. The first-order chi connectivity index (χ1) is 21.1. The molecule has 0 amide bonds. The molecule has 0 radical (unpaired) electrons. The molecule has 43 heavy (non-hydrogen) atoms. The van der Waals surface area contributed by atoms with Crippen molar-refractivity contribution in [2.45, 2.75) is 38.3 Å². The Bertz CT molecular complexity index is 1700. The average Bonchev–Trinajstić information content (AvgIpc) is 3.36. The van der Waals surface area contributed by atoms with Crippen LogP contribution in [0.5, 0.6) is 5.75 Å². The molecule has 2 atom stereocenters. The number of methoxy groups -OCH3 is 1. The van der Waals surface area contributed by atoms with Crippen molar-refractivity contribution >= 4 is 27.5 Å². The van der Waals surface area contributed by atoms with E-state index in [9.17, 15) is 14.5 Å². The predicted molar refractivity (Wildman–Crippen MR) is 171 cm³/mol. The molecule has 0 saturated carbocycles. The summed E-state index contributed by atoms with van der Waals surface area (Å²) in [7, 11) is 1.44. The van der Waals surface area contributed by atoms with Crippen LogP contribution in [0.3, 0.4) is 0 Å². The van der Waals surface area contributed by atoms with Crippen molar-refractivity contribution in [3.8, 4) is 5.75 Å². The SMILES string of the molecule is COC(=O)C(CCCc1ccccc1)Cc1ccc(OCCn2c(=O)sc3cc(C(N=O)c4ccccc4)ccc32)cc1. The zero-order chi connectivity index (χ0) is 30.0. The smallest absolute Gasteiger partial charge is 0.308 e. The number of carbonyl (C=O) groups is 1. The van der Waals surface area contributed by atoms with Gasteiger partial charge in [0.1, 0.15) is 18.4 Å². The standard InChI is InChI=1S/C35H34N2O5S/c1-41-34(38)29(14-8-11-25-9-4-2-5-10-25)23-26-15-18-30(19-16-26)42-22-21-37-31-20-17-28(24-32(31)43-35(37)39)33(36-40)27-12-6-3-7-13-27/h2-7,9-10,12-13,15-20,24,29,33H,8,11,14,21-23H2,1H3. The zero-order valence-corrected chi connectivity index (χ0v) is 24.9. The van der Waals surface area contributed by atoms with Gasteiger partial charge >= 0.3 is 10.8 Å². The van der Waals surface area contributed by atoms with E-state index in [2.05, 4.69) is 17.3 Å². The number of aromatic nitrogens is 1. The number of hydrogen-bond acceptors (Lipinski definition) is 7. The van der Waals surface area contributed by atoms with E-state index >= 15 is 0 Å². The molecule has 7 nitrogen and oxygen atoms in total. The summed E-state index contributed by atoms with van der Waals surface area (Å²) < 4.78 is 13.5. The molecule has 0 aliphatic rings. The summed E-state index contributed by atoms with van der Waals surface area (Å²) in [5.74, 6) is 0.303. The molecule has 0 saturated heterocycles. The van der Waals surface area contributed by atoms with Crippen LogP contribution < -0.4 is 9.61 Å². The molecule has 1 aromatic heterocycles. The van der Waals surface area contributed by atoms with Gasteiger partial charge in [-0.1, -0.05) is 95.4 Å². The molecular weight excluding hydrogens is 560 g/mol. The quantitative estimate of drug-likeness (QED) is 0.0991. The number of esters is 1. The van der Waals surface area contributed by atoms with Gasteiger partial charge in [-0.05, 0) is 72.2 Å². The molecule has 0 N–H and O–H groups in total. The third-order valence-electron chi connectivity index (χ3n) is 7.61. The number of carbonyl (C=O) groups excluding carboxylic acids is 1. The summed E-state index contributed by atoms with van der Waals surface area (Å²) in [6.45, 7) is 0.708. The molecule has 220 valence electrons. The Labute approximate surface area is 254 Å². The number of rotatable bonds is 14. The highest BCUT2D eigenvalue weighted by Gasteiger charge is 2.20. The van der Waals surface area contributed by atoms with Gasteiger partial charge in [0.25, 0.3) is 0 Å². The fraction of sp³-hybridized carbons (Fsp3) is 0.257. The lowest BCUT2D eigenvalue weighted by Crippen LogP contribution is -2.19. The Morgan fingerprint density at radius 3 is 2.30 bits per heavy atom. The predicted octanol–water partition coefficient (Wildman–Crippen LogP) is 7.35. The van der Waals surface area contributed by atoms with E-state index in [4.69, 9.17) is 9.47 Å². The highest BCUT2D eigenvalue weighted by molar-refractivity contribution is 7.16. The van der Waals surface area contributed by atoms with Crippen molar-refractivity contribution in [1.82, 2.24) is 4.57 Å². The number of nitroso groups, excluding NO2 is 1. The third kappa shape index (κ3) is 7.64. The van der Waals surface area contributed by atoms with E-state index in [0.29, 0.717) is 25.3 Å². The average molecular weight is 595 g/mol. The molecule has 2 unspecified atom stereocenters. The maximum Gasteiger partial charge on any atom is 0.308 e. The topological polar surface area (TPSA) is 87.0 Å². The Morgan fingerprint density at radius 2 is 1.60 bits per heavy atom. The first kappa shape index (κ1) is 29.9. The number of benzene rings is 4. The highest BCUT2D eigenvalue weighted by atomic mass is 32.1. The Morgan fingerprint density at radius 1 is 0.884 bits per heavy atom. The van der Waals surface area contributed by atoms with Gasteiger partial charge in [-0.15, -0.1) is 4.91 Å². The van der Waals surface area contributed by atoms with Crippen molar-refractivity contribution in [3.05, 3.63) is 140 Å². The second-order valence-electron chi connectivity index (χ2n) is 10.5. The van der Waals surface area contributed by atoms with Crippen LogP contribution in [-0.4, -0.2) is 24.3 Å². The fourth-order valence-corrected chi connectivity index (χ4v) is 6.31. The summed E-state index contributed by atoms with van der Waals surface area (Å²) in [6, 6.07) is 32.4. The maximum absolute atomic E-state index is 12.8. The summed E-state index contributed by atoms with van der Waals surface area (Å²) in [5, 5.41) is 3.33. The highest BCUT2D eigenvalue weighted by Crippen LogP contribution is 2.29. The molecule has 4 aromatic carbocycles. The normalized spacial score (nSPS) is 12.5. The van der Waals surface area contributed by atoms with Crippen LogP contribution in [-0.2, 0) is 28.9 Å². The van der Waals surface area contributed by atoms with Gasteiger partial charge in [-0.3, -0.25) is 14.2 Å². The van der Waals surface area contributed by atoms with Crippen molar-refractivity contribution in [2.24, 2.45) is 11.1 Å². The van der Waals surface area contributed by atoms with Gasteiger partial charge in [-0.25, -0.2) is 0 Å². The second-order valence-corrected chi connectivity index (χ2v) is 11.5. The largest absolute Gasteiger partial charge is 0.492 e. The van der Waals surface area contributed by atoms with Crippen molar-refractivity contribution in [2.75, 3.05) is 13.7 Å². The minimum atomic E-state index is -0.625. The van der Waals surface area contributed by atoms with Gasteiger partial charge in [0, 0.05) is 0 Å². The number of ether oxygens (including phenoxy) is 2. The van der Waals surface area contributed by atoms with Gasteiger partial charge in [0.05, 0.1) is 29.8 Å². The monoisotopic (exact) mass is 594 g/mol. The van der Waals surface area contributed by atoms with Gasteiger partial charge in [-0.2, -0.15) is 0 Å². The molecule has 0 spiro atoms. The fourth-order valence-electron chi connectivity index (χ4n) is 5.34. The lowest BCUT2D eigenvalue weighted by atomic mass is 9.93. The molecule has 8 heteroatoms. The Kier molecular flexibility index (Phi) is 10.1. The van der Waals surface area contributed by atoms with Crippen molar-refractivity contribution in [3.63, 3.8) is 0 Å². The van der Waals surface area contributed by atoms with E-state index in [1.54, 1.807) is 4.57 Å². The molecule has 0 aliphatic heterocycles. The van der Waals surface area contributed by atoms with Crippen LogP contribution >= 0.6 is 11.3 Å². The molecule has 5 aromatic rings.